The number of hydrogen-bond acceptors (Lipinski definition) is 5. The normalized spacial score (nSPS) is 12.5. The van der Waals surface area contributed by atoms with Gasteiger partial charge in [-0.2, -0.15) is 5.10 Å². The van der Waals surface area contributed by atoms with E-state index < -0.39 is 0 Å². The van der Waals surface area contributed by atoms with Crippen LogP contribution in [0.25, 0.3) is 5.95 Å². The molecule has 0 bridgehead atoms. The Morgan fingerprint density at radius 1 is 1.14 bits per heavy atom. The molecule has 0 saturated heterocycles. The van der Waals surface area contributed by atoms with Crippen LogP contribution in [0.3, 0.4) is 0 Å². The Balaban J connectivity index is 1.86. The van der Waals surface area contributed by atoms with Gasteiger partial charge in [0.15, 0.2) is 0 Å². The fraction of sp³-hybridized carbons (Fsp3) is 0.267. The molecule has 3 aromatic rings. The average molecular weight is 314 g/mol. The molecule has 3 rings (SSSR count). The van der Waals surface area contributed by atoms with Crippen molar-refractivity contribution in [2.45, 2.75) is 31.2 Å². The molecule has 2 aromatic heterocycles. The second-order valence-corrected chi connectivity index (χ2v) is 6.47. The largest absolute Gasteiger partial charge is 0.334 e. The van der Waals surface area contributed by atoms with Crippen molar-refractivity contribution < 1.29 is 0 Å². The van der Waals surface area contributed by atoms with Gasteiger partial charge in [0.2, 0.25) is 5.16 Å². The summed E-state index contributed by atoms with van der Waals surface area (Å²) in [4.78, 5) is 0. The first-order chi connectivity index (χ1) is 10.6. The molecule has 0 aliphatic carbocycles. The molecule has 7 heteroatoms. The predicted octanol–water partition coefficient (Wildman–Crippen LogP) is 2.65. The Labute approximate surface area is 133 Å². The van der Waals surface area contributed by atoms with E-state index in [1.54, 1.807) is 16.4 Å². The molecule has 0 amide bonds. The maximum atomic E-state index is 6.15. The number of hydrogen-bond donors (Lipinski definition) is 1. The first-order valence-electron chi connectivity index (χ1n) is 7.02. The van der Waals surface area contributed by atoms with Crippen LogP contribution in [0, 0.1) is 13.8 Å². The molecule has 22 heavy (non-hydrogen) atoms. The molecule has 1 atom stereocenters. The third kappa shape index (κ3) is 2.71. The fourth-order valence-corrected chi connectivity index (χ4v) is 3.17. The summed E-state index contributed by atoms with van der Waals surface area (Å²) in [6.45, 7) is 6.03. The standard InChI is InChI=1S/C15H18N6S/c1-10-9-11(2)21(19-10)14-17-18-15(20(14)16)22-12(3)13-7-5-4-6-8-13/h4-9,12H,16H2,1-3H3. The highest BCUT2D eigenvalue weighted by Crippen LogP contribution is 2.33. The van der Waals surface area contributed by atoms with Crippen LogP contribution in [-0.4, -0.2) is 24.7 Å². The van der Waals surface area contributed by atoms with E-state index in [4.69, 9.17) is 5.84 Å². The van der Waals surface area contributed by atoms with Crippen molar-refractivity contribution in [2.24, 2.45) is 0 Å². The smallest absolute Gasteiger partial charge is 0.271 e. The van der Waals surface area contributed by atoms with Crippen LogP contribution in [0.2, 0.25) is 0 Å². The molecule has 2 N–H and O–H groups in total. The topological polar surface area (TPSA) is 74.5 Å². The van der Waals surface area contributed by atoms with E-state index in [1.807, 2.05) is 38.1 Å². The molecule has 1 unspecified atom stereocenters. The number of nitrogens with two attached hydrogens (primary N) is 1. The molecule has 0 spiro atoms. The second kappa shape index (κ2) is 5.84. The van der Waals surface area contributed by atoms with E-state index in [1.165, 1.54) is 10.2 Å². The van der Waals surface area contributed by atoms with Crippen molar-refractivity contribution in [3.8, 4) is 5.95 Å². The molecule has 1 aromatic carbocycles. The van der Waals surface area contributed by atoms with Crippen molar-refractivity contribution in [1.29, 1.82) is 0 Å². The zero-order valence-corrected chi connectivity index (χ0v) is 13.6. The molecule has 2 heterocycles. The van der Waals surface area contributed by atoms with Gasteiger partial charge in [0.25, 0.3) is 5.95 Å². The molecule has 0 radical (unpaired) electrons. The number of nitrogen functional groups attached to an aromatic ring is 1. The molecular formula is C15H18N6S. The van der Waals surface area contributed by atoms with Gasteiger partial charge in [0.05, 0.1) is 5.69 Å². The summed E-state index contributed by atoms with van der Waals surface area (Å²) in [5, 5.41) is 13.7. The fourth-order valence-electron chi connectivity index (χ4n) is 2.28. The molecule has 0 fully saturated rings. The van der Waals surface area contributed by atoms with Gasteiger partial charge in [-0.3, -0.25) is 0 Å². The number of aromatic nitrogens is 5. The monoisotopic (exact) mass is 314 g/mol. The van der Waals surface area contributed by atoms with Gasteiger partial charge in [-0.05, 0) is 32.4 Å². The Morgan fingerprint density at radius 2 is 1.86 bits per heavy atom. The SMILES string of the molecule is Cc1cc(C)n(-c2nnc(SC(C)c3ccccc3)n2N)n1. The number of thioether (sulfide) groups is 1. The van der Waals surface area contributed by atoms with E-state index >= 15 is 0 Å². The Morgan fingerprint density at radius 3 is 2.50 bits per heavy atom. The van der Waals surface area contributed by atoms with Crippen LogP contribution in [0.5, 0.6) is 0 Å². The predicted molar refractivity (Wildman–Crippen MR) is 87.5 cm³/mol. The first kappa shape index (κ1) is 14.6. The van der Waals surface area contributed by atoms with Crippen molar-refractivity contribution in [2.75, 3.05) is 5.84 Å². The molecule has 6 nitrogen and oxygen atoms in total. The van der Waals surface area contributed by atoms with Crippen molar-refractivity contribution >= 4 is 11.8 Å². The van der Waals surface area contributed by atoms with Crippen LogP contribution in [0.4, 0.5) is 0 Å². The quantitative estimate of drug-likeness (QED) is 0.592. The number of aryl methyl sites for hydroxylation is 2. The molecular weight excluding hydrogens is 296 g/mol. The lowest BCUT2D eigenvalue weighted by molar-refractivity contribution is 0.726. The minimum Gasteiger partial charge on any atom is -0.334 e. The van der Waals surface area contributed by atoms with E-state index in [-0.39, 0.29) is 5.25 Å². The third-order valence-electron chi connectivity index (χ3n) is 3.40. The maximum Gasteiger partial charge on any atom is 0.271 e. The van der Waals surface area contributed by atoms with E-state index in [0.29, 0.717) is 11.1 Å². The average Bonchev–Trinajstić information content (AvgIpc) is 3.03. The Hall–Kier alpha value is -2.28. The Bertz CT molecular complexity index is 777. The van der Waals surface area contributed by atoms with Gasteiger partial charge in [0, 0.05) is 10.9 Å². The van der Waals surface area contributed by atoms with E-state index in [2.05, 4.69) is 34.4 Å². The van der Waals surface area contributed by atoms with Crippen molar-refractivity contribution in [1.82, 2.24) is 24.7 Å². The van der Waals surface area contributed by atoms with Gasteiger partial charge in [0.1, 0.15) is 0 Å². The molecule has 0 saturated carbocycles. The summed E-state index contributed by atoms with van der Waals surface area (Å²) in [6.07, 6.45) is 0. The second-order valence-electron chi connectivity index (χ2n) is 5.16. The summed E-state index contributed by atoms with van der Waals surface area (Å²) in [5.41, 5.74) is 3.12. The van der Waals surface area contributed by atoms with Crippen molar-refractivity contribution in [3.05, 3.63) is 53.3 Å². The van der Waals surface area contributed by atoms with Crippen LogP contribution >= 0.6 is 11.8 Å². The third-order valence-corrected chi connectivity index (χ3v) is 4.51. The van der Waals surface area contributed by atoms with Gasteiger partial charge in [-0.25, -0.2) is 9.36 Å². The molecule has 114 valence electrons. The van der Waals surface area contributed by atoms with Gasteiger partial charge < -0.3 is 5.84 Å². The first-order valence-corrected chi connectivity index (χ1v) is 7.90. The lowest BCUT2D eigenvalue weighted by Gasteiger charge is -2.10. The highest BCUT2D eigenvalue weighted by atomic mass is 32.2. The zero-order chi connectivity index (χ0) is 15.7. The maximum absolute atomic E-state index is 6.15. The summed E-state index contributed by atoms with van der Waals surface area (Å²) < 4.78 is 3.20. The van der Waals surface area contributed by atoms with E-state index in [0.717, 1.165) is 11.4 Å². The lowest BCUT2D eigenvalue weighted by atomic mass is 10.2. The number of rotatable bonds is 4. The van der Waals surface area contributed by atoms with Crippen LogP contribution in [0.1, 0.15) is 29.1 Å². The molecule has 0 aliphatic rings. The van der Waals surface area contributed by atoms with E-state index in [9.17, 15) is 0 Å². The zero-order valence-electron chi connectivity index (χ0n) is 12.8. The lowest BCUT2D eigenvalue weighted by Crippen LogP contribution is -2.17. The van der Waals surface area contributed by atoms with Crippen LogP contribution in [-0.2, 0) is 0 Å². The number of benzene rings is 1. The van der Waals surface area contributed by atoms with Gasteiger partial charge >= 0.3 is 0 Å². The minimum absolute atomic E-state index is 0.237. The summed E-state index contributed by atoms with van der Waals surface area (Å²) in [6, 6.07) is 12.2. The van der Waals surface area contributed by atoms with Gasteiger partial charge in [-0.15, -0.1) is 10.2 Å². The van der Waals surface area contributed by atoms with Crippen molar-refractivity contribution in [3.63, 3.8) is 0 Å². The Kier molecular flexibility index (Phi) is 3.89. The summed E-state index contributed by atoms with van der Waals surface area (Å²) >= 11 is 1.57. The van der Waals surface area contributed by atoms with Gasteiger partial charge in [-0.1, -0.05) is 42.1 Å². The summed E-state index contributed by atoms with van der Waals surface area (Å²) in [5.74, 6) is 6.67. The summed E-state index contributed by atoms with van der Waals surface area (Å²) in [7, 11) is 0. The van der Waals surface area contributed by atoms with Crippen LogP contribution in [0.15, 0.2) is 41.6 Å². The molecule has 0 aliphatic heterocycles. The highest BCUT2D eigenvalue weighted by Gasteiger charge is 2.17. The number of nitrogens with zero attached hydrogens (tertiary/aromatic N) is 5. The minimum atomic E-state index is 0.237. The highest BCUT2D eigenvalue weighted by molar-refractivity contribution is 7.99. The van der Waals surface area contributed by atoms with Crippen LogP contribution < -0.4 is 5.84 Å².